The fraction of sp³-hybridized carbons (Fsp3) is 0.286. The zero-order valence-electron chi connectivity index (χ0n) is 11.0. The van der Waals surface area contributed by atoms with Crippen LogP contribution in [0.3, 0.4) is 0 Å². The number of alkyl halides is 2. The first-order chi connectivity index (χ1) is 9.58. The summed E-state index contributed by atoms with van der Waals surface area (Å²) < 4.78 is 24.5. The molecule has 0 aliphatic carbocycles. The number of aryl methyl sites for hydroxylation is 1. The van der Waals surface area contributed by atoms with Crippen LogP contribution in [-0.2, 0) is 6.42 Å². The lowest BCUT2D eigenvalue weighted by Crippen LogP contribution is -2.01. The molecule has 0 aliphatic heterocycles. The van der Waals surface area contributed by atoms with Crippen LogP contribution in [0.4, 0.5) is 14.6 Å². The molecule has 6 heteroatoms. The first-order valence-electron chi connectivity index (χ1n) is 6.27. The Balaban J connectivity index is 2.26. The molecule has 0 atom stereocenters. The summed E-state index contributed by atoms with van der Waals surface area (Å²) in [5, 5.41) is 0. The lowest BCUT2D eigenvalue weighted by molar-refractivity contribution is 0.252. The van der Waals surface area contributed by atoms with Gasteiger partial charge in [-0.15, -0.1) is 0 Å². The van der Waals surface area contributed by atoms with Gasteiger partial charge in [0.15, 0.2) is 0 Å². The average molecular weight is 295 g/mol. The van der Waals surface area contributed by atoms with E-state index in [-0.39, 0.29) is 0 Å². The molecule has 1 aromatic heterocycles. The van der Waals surface area contributed by atoms with Gasteiger partial charge in [-0.25, -0.2) is 9.97 Å². The van der Waals surface area contributed by atoms with Gasteiger partial charge in [0, 0.05) is 22.9 Å². The van der Waals surface area contributed by atoms with E-state index in [1.807, 2.05) is 6.92 Å². The monoisotopic (exact) mass is 295 g/mol. The second-order valence-corrected chi connectivity index (χ2v) is 5.31. The predicted molar refractivity (Wildman–Crippen MR) is 77.7 cm³/mol. The van der Waals surface area contributed by atoms with Gasteiger partial charge >= 0.3 is 0 Å². The number of anilines is 1. The number of benzene rings is 1. The van der Waals surface area contributed by atoms with Crippen LogP contribution in [0.25, 0.3) is 11.3 Å². The Morgan fingerprint density at radius 1 is 1.20 bits per heavy atom. The minimum atomic E-state index is -2.41. The van der Waals surface area contributed by atoms with E-state index in [0.717, 1.165) is 24.1 Å². The molecule has 0 spiro atoms. The fourth-order valence-corrected chi connectivity index (χ4v) is 2.31. The quantitative estimate of drug-likeness (QED) is 0.847. The number of thioether (sulfide) groups is 1. The molecule has 1 heterocycles. The molecule has 3 nitrogen and oxygen atoms in total. The Morgan fingerprint density at radius 2 is 1.90 bits per heavy atom. The lowest BCUT2D eigenvalue weighted by Gasteiger charge is -2.06. The van der Waals surface area contributed by atoms with Crippen LogP contribution >= 0.6 is 11.8 Å². The van der Waals surface area contributed by atoms with E-state index in [0.29, 0.717) is 28.3 Å². The summed E-state index contributed by atoms with van der Waals surface area (Å²) >= 11 is 0.526. The van der Waals surface area contributed by atoms with Crippen molar-refractivity contribution in [2.45, 2.75) is 30.4 Å². The third-order valence-electron chi connectivity index (χ3n) is 2.64. The topological polar surface area (TPSA) is 51.8 Å². The number of hydrogen-bond donors (Lipinski definition) is 1. The first-order valence-corrected chi connectivity index (χ1v) is 7.15. The number of rotatable bonds is 5. The van der Waals surface area contributed by atoms with E-state index in [2.05, 4.69) is 9.97 Å². The molecule has 20 heavy (non-hydrogen) atoms. The van der Waals surface area contributed by atoms with Crippen LogP contribution in [-0.4, -0.2) is 15.7 Å². The molecule has 0 fully saturated rings. The standard InChI is InChI=1S/C14H15F2N3S/c1-2-3-13-18-11(8-12(17)19-13)9-4-6-10(7-5-9)20-14(15)16/h4-8,14H,2-3H2,1H3,(H2,17,18,19). The van der Waals surface area contributed by atoms with E-state index < -0.39 is 5.76 Å². The lowest BCUT2D eigenvalue weighted by atomic mass is 10.1. The molecule has 0 amide bonds. The average Bonchev–Trinajstić information content (AvgIpc) is 2.38. The SMILES string of the molecule is CCCc1nc(N)cc(-c2ccc(SC(F)F)cc2)n1. The second-order valence-electron chi connectivity index (χ2n) is 4.25. The van der Waals surface area contributed by atoms with Crippen molar-refractivity contribution in [2.75, 3.05) is 5.73 Å². The molecule has 0 unspecified atom stereocenters. The van der Waals surface area contributed by atoms with Crippen molar-refractivity contribution in [3.63, 3.8) is 0 Å². The van der Waals surface area contributed by atoms with Crippen LogP contribution in [0.5, 0.6) is 0 Å². The van der Waals surface area contributed by atoms with E-state index in [9.17, 15) is 8.78 Å². The molecule has 1 aromatic carbocycles. The molecular weight excluding hydrogens is 280 g/mol. The van der Waals surface area contributed by atoms with Gasteiger partial charge in [0.25, 0.3) is 5.76 Å². The highest BCUT2D eigenvalue weighted by Gasteiger charge is 2.07. The molecule has 2 aromatic rings. The molecule has 0 bridgehead atoms. The summed E-state index contributed by atoms with van der Waals surface area (Å²) in [5.74, 6) is -1.29. The molecule has 0 aliphatic rings. The molecule has 0 saturated carbocycles. The fourth-order valence-electron chi connectivity index (χ4n) is 1.81. The highest BCUT2D eigenvalue weighted by Crippen LogP contribution is 2.27. The Labute approximate surface area is 120 Å². The molecule has 106 valence electrons. The maximum atomic E-state index is 12.3. The zero-order valence-corrected chi connectivity index (χ0v) is 11.8. The first kappa shape index (κ1) is 14.7. The number of nitrogen functional groups attached to an aromatic ring is 1. The number of nitrogens with zero attached hydrogens (tertiary/aromatic N) is 2. The van der Waals surface area contributed by atoms with Crippen molar-refractivity contribution in [1.82, 2.24) is 9.97 Å². The van der Waals surface area contributed by atoms with Crippen molar-refractivity contribution in [2.24, 2.45) is 0 Å². The van der Waals surface area contributed by atoms with Crippen molar-refractivity contribution in [1.29, 1.82) is 0 Å². The van der Waals surface area contributed by atoms with Gasteiger partial charge in [-0.1, -0.05) is 30.8 Å². The van der Waals surface area contributed by atoms with Crippen molar-refractivity contribution < 1.29 is 8.78 Å². The van der Waals surface area contributed by atoms with Crippen molar-refractivity contribution in [3.05, 3.63) is 36.2 Å². The van der Waals surface area contributed by atoms with Gasteiger partial charge in [0.1, 0.15) is 11.6 Å². The van der Waals surface area contributed by atoms with Gasteiger partial charge < -0.3 is 5.73 Å². The van der Waals surface area contributed by atoms with Gasteiger partial charge in [0.2, 0.25) is 0 Å². The van der Waals surface area contributed by atoms with Gasteiger partial charge in [-0.05, 0) is 18.6 Å². The molecule has 2 rings (SSSR count). The van der Waals surface area contributed by atoms with E-state index in [1.165, 1.54) is 0 Å². The van der Waals surface area contributed by atoms with Crippen molar-refractivity contribution in [3.8, 4) is 11.3 Å². The van der Waals surface area contributed by atoms with E-state index in [1.54, 1.807) is 30.3 Å². The number of hydrogen-bond acceptors (Lipinski definition) is 4. The van der Waals surface area contributed by atoms with Crippen LogP contribution < -0.4 is 5.73 Å². The third kappa shape index (κ3) is 3.90. The van der Waals surface area contributed by atoms with Gasteiger partial charge in [-0.3, -0.25) is 0 Å². The summed E-state index contributed by atoms with van der Waals surface area (Å²) in [6, 6.07) is 8.53. The zero-order chi connectivity index (χ0) is 14.5. The number of halogens is 2. The third-order valence-corrected chi connectivity index (χ3v) is 3.36. The normalized spacial score (nSPS) is 11.0. The maximum Gasteiger partial charge on any atom is 0.288 e. The smallest absolute Gasteiger partial charge is 0.288 e. The van der Waals surface area contributed by atoms with Crippen LogP contribution in [0, 0.1) is 0 Å². The Kier molecular flexibility index (Phi) is 4.89. The minimum absolute atomic E-state index is 0.421. The van der Waals surface area contributed by atoms with Gasteiger partial charge in [-0.2, -0.15) is 8.78 Å². The highest BCUT2D eigenvalue weighted by atomic mass is 32.2. The molecule has 0 radical (unpaired) electrons. The maximum absolute atomic E-state index is 12.3. The Hall–Kier alpha value is -1.69. The van der Waals surface area contributed by atoms with Crippen LogP contribution in [0.2, 0.25) is 0 Å². The summed E-state index contributed by atoms with van der Waals surface area (Å²) in [6.07, 6.45) is 1.70. The van der Waals surface area contributed by atoms with E-state index >= 15 is 0 Å². The van der Waals surface area contributed by atoms with Crippen LogP contribution in [0.15, 0.2) is 35.2 Å². The Morgan fingerprint density at radius 3 is 2.50 bits per heavy atom. The number of aromatic nitrogens is 2. The van der Waals surface area contributed by atoms with E-state index in [4.69, 9.17) is 5.73 Å². The predicted octanol–water partition coefficient (Wildman–Crippen LogP) is 3.99. The minimum Gasteiger partial charge on any atom is -0.384 e. The summed E-state index contributed by atoms with van der Waals surface area (Å²) in [7, 11) is 0. The molecular formula is C14H15F2N3S. The molecule has 0 saturated heterocycles. The van der Waals surface area contributed by atoms with Gasteiger partial charge in [0.05, 0.1) is 5.69 Å². The highest BCUT2D eigenvalue weighted by molar-refractivity contribution is 7.99. The Bertz CT molecular complexity index is 573. The van der Waals surface area contributed by atoms with Crippen molar-refractivity contribution >= 4 is 17.6 Å². The largest absolute Gasteiger partial charge is 0.384 e. The number of nitrogens with two attached hydrogens (primary N) is 1. The summed E-state index contributed by atoms with van der Waals surface area (Å²) in [6.45, 7) is 2.04. The summed E-state index contributed by atoms with van der Waals surface area (Å²) in [4.78, 5) is 9.13. The summed E-state index contributed by atoms with van der Waals surface area (Å²) in [5.41, 5.74) is 7.33. The molecule has 2 N–H and O–H groups in total. The second kappa shape index (κ2) is 6.65. The van der Waals surface area contributed by atoms with Crippen LogP contribution in [0.1, 0.15) is 19.2 Å².